The zero-order valence-corrected chi connectivity index (χ0v) is 12.0. The molecular weight excluding hydrogens is 274 g/mol. The minimum Gasteiger partial charge on any atom is -0.381 e. The molecule has 1 atom stereocenters. The number of amides is 1. The predicted molar refractivity (Wildman–Crippen MR) is 72.6 cm³/mol. The third-order valence-electron chi connectivity index (χ3n) is 3.33. The van der Waals surface area contributed by atoms with Crippen molar-refractivity contribution in [1.82, 2.24) is 25.1 Å². The summed E-state index contributed by atoms with van der Waals surface area (Å²) in [6, 6.07) is 1.87. The second kappa shape index (κ2) is 5.74. The quantitative estimate of drug-likeness (QED) is 0.822. The van der Waals surface area contributed by atoms with E-state index in [1.807, 2.05) is 19.9 Å². The lowest BCUT2D eigenvalue weighted by molar-refractivity contribution is 0.0138. The van der Waals surface area contributed by atoms with Crippen molar-refractivity contribution in [3.63, 3.8) is 0 Å². The molecule has 0 aliphatic carbocycles. The zero-order valence-electron chi connectivity index (χ0n) is 12.0. The van der Waals surface area contributed by atoms with Crippen LogP contribution in [0.5, 0.6) is 0 Å². The van der Waals surface area contributed by atoms with Crippen molar-refractivity contribution in [2.45, 2.75) is 20.3 Å². The van der Waals surface area contributed by atoms with Crippen LogP contribution in [0.25, 0.3) is 5.78 Å². The molecule has 1 amide bonds. The number of fused-ring (bicyclic) bond motifs is 1. The molecule has 0 radical (unpaired) electrons. The SMILES string of the molecule is Cc1cc(C)n2nc(C(=O)NOCC3CCOC3)nc2n1. The van der Waals surface area contributed by atoms with Gasteiger partial charge in [-0.05, 0) is 26.3 Å². The molecule has 2 aromatic heterocycles. The van der Waals surface area contributed by atoms with Gasteiger partial charge in [-0.2, -0.15) is 4.98 Å². The maximum absolute atomic E-state index is 12.0. The van der Waals surface area contributed by atoms with E-state index in [4.69, 9.17) is 9.57 Å². The molecule has 1 unspecified atom stereocenters. The molecule has 8 heteroatoms. The molecule has 1 fully saturated rings. The highest BCUT2D eigenvalue weighted by atomic mass is 16.7. The Labute approximate surface area is 121 Å². The summed E-state index contributed by atoms with van der Waals surface area (Å²) >= 11 is 0. The van der Waals surface area contributed by atoms with Gasteiger partial charge in [0, 0.05) is 23.9 Å². The van der Waals surface area contributed by atoms with Gasteiger partial charge in [0.2, 0.25) is 5.82 Å². The molecule has 0 saturated carbocycles. The fourth-order valence-corrected chi connectivity index (χ4v) is 2.25. The average molecular weight is 291 g/mol. The highest BCUT2D eigenvalue weighted by Crippen LogP contribution is 2.11. The number of nitrogens with zero attached hydrogens (tertiary/aromatic N) is 4. The minimum absolute atomic E-state index is 0.0406. The van der Waals surface area contributed by atoms with Gasteiger partial charge in [0.1, 0.15) is 0 Å². The van der Waals surface area contributed by atoms with Crippen LogP contribution >= 0.6 is 0 Å². The normalized spacial score (nSPS) is 18.3. The molecule has 3 heterocycles. The van der Waals surface area contributed by atoms with Gasteiger partial charge in [0.05, 0.1) is 13.2 Å². The van der Waals surface area contributed by atoms with Gasteiger partial charge in [-0.15, -0.1) is 5.10 Å². The molecule has 21 heavy (non-hydrogen) atoms. The molecule has 8 nitrogen and oxygen atoms in total. The fourth-order valence-electron chi connectivity index (χ4n) is 2.25. The highest BCUT2D eigenvalue weighted by molar-refractivity contribution is 5.89. The Morgan fingerprint density at radius 2 is 2.38 bits per heavy atom. The Morgan fingerprint density at radius 1 is 1.52 bits per heavy atom. The summed E-state index contributed by atoms with van der Waals surface area (Å²) in [6.07, 6.45) is 0.949. The lowest BCUT2D eigenvalue weighted by Gasteiger charge is -2.07. The lowest BCUT2D eigenvalue weighted by Crippen LogP contribution is -2.27. The second-order valence-corrected chi connectivity index (χ2v) is 5.16. The first-order chi connectivity index (χ1) is 10.1. The van der Waals surface area contributed by atoms with E-state index in [0.29, 0.717) is 24.9 Å². The number of nitrogens with one attached hydrogen (secondary N) is 1. The monoisotopic (exact) mass is 291 g/mol. The lowest BCUT2D eigenvalue weighted by atomic mass is 10.1. The number of ether oxygens (including phenoxy) is 1. The van der Waals surface area contributed by atoms with Gasteiger partial charge in [-0.3, -0.25) is 9.63 Å². The van der Waals surface area contributed by atoms with Crippen molar-refractivity contribution in [3.05, 3.63) is 23.3 Å². The smallest absolute Gasteiger partial charge is 0.314 e. The van der Waals surface area contributed by atoms with E-state index < -0.39 is 5.91 Å². The van der Waals surface area contributed by atoms with Crippen LogP contribution in [-0.2, 0) is 9.57 Å². The Bertz CT molecular complexity index is 663. The molecule has 3 rings (SSSR count). The molecule has 1 aliphatic rings. The number of carbonyl (C=O) groups is 1. The van der Waals surface area contributed by atoms with Crippen molar-refractivity contribution < 1.29 is 14.4 Å². The first-order valence-corrected chi connectivity index (χ1v) is 6.84. The summed E-state index contributed by atoms with van der Waals surface area (Å²) in [6.45, 7) is 5.60. The van der Waals surface area contributed by atoms with Gasteiger partial charge in [-0.25, -0.2) is 15.0 Å². The zero-order chi connectivity index (χ0) is 14.8. The molecular formula is C13H17N5O3. The summed E-state index contributed by atoms with van der Waals surface area (Å²) in [5.74, 6) is 0.295. The summed E-state index contributed by atoms with van der Waals surface area (Å²) < 4.78 is 6.77. The summed E-state index contributed by atoms with van der Waals surface area (Å²) in [5, 5.41) is 4.13. The number of carbonyl (C=O) groups excluding carboxylic acids is 1. The molecule has 112 valence electrons. The van der Waals surface area contributed by atoms with E-state index >= 15 is 0 Å². The summed E-state index contributed by atoms with van der Waals surface area (Å²) in [4.78, 5) is 25.5. The molecule has 1 N–H and O–H groups in total. The molecule has 0 aromatic carbocycles. The number of hydrogen-bond donors (Lipinski definition) is 1. The van der Waals surface area contributed by atoms with Crippen LogP contribution in [0.1, 0.15) is 28.4 Å². The molecule has 1 aliphatic heterocycles. The Hall–Kier alpha value is -2.06. The van der Waals surface area contributed by atoms with Crippen molar-refractivity contribution in [2.75, 3.05) is 19.8 Å². The molecule has 0 bridgehead atoms. The van der Waals surface area contributed by atoms with Crippen LogP contribution in [0.15, 0.2) is 6.07 Å². The largest absolute Gasteiger partial charge is 0.381 e. The summed E-state index contributed by atoms with van der Waals surface area (Å²) in [5.41, 5.74) is 4.06. The van der Waals surface area contributed by atoms with Crippen molar-refractivity contribution in [2.24, 2.45) is 5.92 Å². The van der Waals surface area contributed by atoms with Crippen LogP contribution in [0.4, 0.5) is 0 Å². The number of hydrogen-bond acceptors (Lipinski definition) is 6. The highest BCUT2D eigenvalue weighted by Gasteiger charge is 2.18. The third kappa shape index (κ3) is 3.01. The van der Waals surface area contributed by atoms with Crippen LogP contribution in [0.2, 0.25) is 0 Å². The maximum atomic E-state index is 12.0. The fraction of sp³-hybridized carbons (Fsp3) is 0.538. The minimum atomic E-state index is -0.475. The Kier molecular flexibility index (Phi) is 3.80. The average Bonchev–Trinajstić information content (AvgIpc) is 3.07. The van der Waals surface area contributed by atoms with Gasteiger partial charge in [0.15, 0.2) is 0 Å². The number of aryl methyl sites for hydroxylation is 2. The number of rotatable bonds is 4. The first kappa shape index (κ1) is 13.9. The van der Waals surface area contributed by atoms with E-state index in [2.05, 4.69) is 20.5 Å². The van der Waals surface area contributed by atoms with Gasteiger partial charge in [0.25, 0.3) is 5.78 Å². The van der Waals surface area contributed by atoms with E-state index in [1.165, 1.54) is 4.52 Å². The van der Waals surface area contributed by atoms with Crippen molar-refractivity contribution >= 4 is 11.7 Å². The van der Waals surface area contributed by atoms with Crippen molar-refractivity contribution in [1.29, 1.82) is 0 Å². The van der Waals surface area contributed by atoms with E-state index in [9.17, 15) is 4.79 Å². The second-order valence-electron chi connectivity index (χ2n) is 5.16. The standard InChI is InChI=1S/C13H17N5O3/c1-8-5-9(2)18-13(14-8)15-11(16-18)12(19)17-21-7-10-3-4-20-6-10/h5,10H,3-4,6-7H2,1-2H3,(H,17,19). The predicted octanol–water partition coefficient (Wildman–Crippen LogP) is 0.439. The molecule has 0 spiro atoms. The number of aromatic nitrogens is 4. The third-order valence-corrected chi connectivity index (χ3v) is 3.33. The van der Waals surface area contributed by atoms with Crippen molar-refractivity contribution in [3.8, 4) is 0 Å². The number of hydroxylamine groups is 1. The topological polar surface area (TPSA) is 90.6 Å². The van der Waals surface area contributed by atoms with E-state index in [0.717, 1.165) is 24.4 Å². The van der Waals surface area contributed by atoms with Crippen LogP contribution in [-0.4, -0.2) is 45.3 Å². The first-order valence-electron chi connectivity index (χ1n) is 6.84. The van der Waals surface area contributed by atoms with Gasteiger partial charge in [-0.1, -0.05) is 0 Å². The molecule has 2 aromatic rings. The van der Waals surface area contributed by atoms with Crippen LogP contribution < -0.4 is 5.48 Å². The van der Waals surface area contributed by atoms with Crippen LogP contribution in [0.3, 0.4) is 0 Å². The Balaban J connectivity index is 1.65. The van der Waals surface area contributed by atoms with Gasteiger partial charge < -0.3 is 4.74 Å². The Morgan fingerprint density at radius 3 is 3.14 bits per heavy atom. The van der Waals surface area contributed by atoms with E-state index in [1.54, 1.807) is 0 Å². The van der Waals surface area contributed by atoms with Gasteiger partial charge >= 0.3 is 5.91 Å². The van der Waals surface area contributed by atoms with E-state index in [-0.39, 0.29) is 5.82 Å². The summed E-state index contributed by atoms with van der Waals surface area (Å²) in [7, 11) is 0. The molecule has 1 saturated heterocycles. The van der Waals surface area contributed by atoms with Crippen LogP contribution in [0, 0.1) is 19.8 Å². The maximum Gasteiger partial charge on any atom is 0.314 e.